The third-order valence-electron chi connectivity index (χ3n) is 5.01. The first-order valence-electron chi connectivity index (χ1n) is 9.45. The molecule has 0 saturated heterocycles. The van der Waals surface area contributed by atoms with Crippen LogP contribution in [0.3, 0.4) is 0 Å². The molecule has 0 spiro atoms. The lowest BCUT2D eigenvalue weighted by molar-refractivity contribution is -0.384. The van der Waals surface area contributed by atoms with Crippen molar-refractivity contribution in [3.8, 4) is 0 Å². The van der Waals surface area contributed by atoms with E-state index in [9.17, 15) is 14.9 Å². The summed E-state index contributed by atoms with van der Waals surface area (Å²) in [5, 5.41) is 18.4. The number of aromatic nitrogens is 5. The molecule has 2 aromatic heterocycles. The van der Waals surface area contributed by atoms with Crippen molar-refractivity contribution in [2.45, 2.75) is 41.7 Å². The van der Waals surface area contributed by atoms with E-state index in [1.807, 2.05) is 0 Å². The molecule has 30 heavy (non-hydrogen) atoms. The molecular formula is C19H19N7O3S. The van der Waals surface area contributed by atoms with Gasteiger partial charge in [0.05, 0.1) is 10.5 Å². The number of carbonyl (C=O) groups excluding carboxylic acids is 1. The molecule has 154 valence electrons. The number of aryl methyl sites for hydroxylation is 1. The van der Waals surface area contributed by atoms with Crippen LogP contribution in [-0.4, -0.2) is 35.6 Å². The van der Waals surface area contributed by atoms with Crippen LogP contribution in [0.5, 0.6) is 0 Å². The molecule has 0 unspecified atom stereocenters. The van der Waals surface area contributed by atoms with Gasteiger partial charge in [-0.3, -0.25) is 20.2 Å². The van der Waals surface area contributed by atoms with Crippen LogP contribution in [0.15, 0.2) is 47.0 Å². The number of hydrogen-bond donors (Lipinski definition) is 1. The first-order chi connectivity index (χ1) is 14.5. The number of anilines is 1. The molecule has 3 aromatic rings. The van der Waals surface area contributed by atoms with Gasteiger partial charge in [-0.1, -0.05) is 12.8 Å². The van der Waals surface area contributed by atoms with E-state index in [1.54, 1.807) is 24.1 Å². The van der Waals surface area contributed by atoms with E-state index in [4.69, 9.17) is 0 Å². The SMILES string of the molecule is Cn1ncnc1Sc1ccc([N+](=O)[O-])cc1C(=O)Nc1ncc(C2CCCC2)cn1. The Balaban J connectivity index is 1.57. The van der Waals surface area contributed by atoms with E-state index < -0.39 is 10.8 Å². The lowest BCUT2D eigenvalue weighted by Crippen LogP contribution is -2.16. The molecule has 1 saturated carbocycles. The Morgan fingerprint density at radius 1 is 1.23 bits per heavy atom. The number of benzene rings is 1. The monoisotopic (exact) mass is 425 g/mol. The average Bonchev–Trinajstić information content (AvgIpc) is 3.41. The second-order valence-electron chi connectivity index (χ2n) is 6.98. The fraction of sp³-hybridized carbons (Fsp3) is 0.316. The molecule has 2 heterocycles. The predicted octanol–water partition coefficient (Wildman–Crippen LogP) is 3.57. The van der Waals surface area contributed by atoms with Gasteiger partial charge in [0, 0.05) is 36.5 Å². The van der Waals surface area contributed by atoms with Crippen LogP contribution in [0.1, 0.15) is 47.5 Å². The summed E-state index contributed by atoms with van der Waals surface area (Å²) < 4.78 is 1.55. The van der Waals surface area contributed by atoms with Gasteiger partial charge in [0.1, 0.15) is 6.33 Å². The van der Waals surface area contributed by atoms with Crippen molar-refractivity contribution in [1.29, 1.82) is 0 Å². The molecule has 1 aliphatic carbocycles. The number of nitrogens with zero attached hydrogens (tertiary/aromatic N) is 6. The number of hydrogen-bond acceptors (Lipinski definition) is 8. The quantitative estimate of drug-likeness (QED) is 0.469. The molecule has 0 radical (unpaired) electrons. The maximum absolute atomic E-state index is 12.9. The Kier molecular flexibility index (Phi) is 5.70. The van der Waals surface area contributed by atoms with E-state index >= 15 is 0 Å². The normalized spacial score (nSPS) is 14.0. The van der Waals surface area contributed by atoms with Crippen LogP contribution < -0.4 is 5.32 Å². The number of nitro benzene ring substituents is 1. The zero-order chi connectivity index (χ0) is 21.1. The highest BCUT2D eigenvalue weighted by Gasteiger charge is 2.21. The third-order valence-corrected chi connectivity index (χ3v) is 6.14. The molecule has 1 fully saturated rings. The molecule has 1 N–H and O–H groups in total. The van der Waals surface area contributed by atoms with Gasteiger partial charge in [0.15, 0.2) is 5.16 Å². The van der Waals surface area contributed by atoms with Crippen molar-refractivity contribution in [1.82, 2.24) is 24.7 Å². The molecule has 4 rings (SSSR count). The van der Waals surface area contributed by atoms with Crippen LogP contribution in [-0.2, 0) is 7.05 Å². The summed E-state index contributed by atoms with van der Waals surface area (Å²) in [5.74, 6) is 0.0979. The van der Waals surface area contributed by atoms with Crippen molar-refractivity contribution >= 4 is 29.3 Å². The van der Waals surface area contributed by atoms with Crippen molar-refractivity contribution in [3.05, 3.63) is 58.2 Å². The van der Waals surface area contributed by atoms with E-state index in [1.165, 1.54) is 49.1 Å². The molecule has 11 heteroatoms. The van der Waals surface area contributed by atoms with E-state index in [2.05, 4.69) is 25.4 Å². The Labute approximate surface area is 176 Å². The van der Waals surface area contributed by atoms with Gasteiger partial charge in [0.25, 0.3) is 11.6 Å². The topological polar surface area (TPSA) is 129 Å². The zero-order valence-corrected chi connectivity index (χ0v) is 17.0. The maximum Gasteiger partial charge on any atom is 0.270 e. The molecular weight excluding hydrogens is 406 g/mol. The second kappa shape index (κ2) is 8.57. The van der Waals surface area contributed by atoms with E-state index in [0.29, 0.717) is 16.0 Å². The standard InChI is InChI=1S/C19H19N7O3S/c1-25-19(22-11-23-25)30-16-7-6-14(26(28)29)8-15(16)17(27)24-18-20-9-13(10-21-18)12-4-2-3-5-12/h6-12H,2-5H2,1H3,(H,20,21,24,27). The van der Waals surface area contributed by atoms with Crippen molar-refractivity contribution in [3.63, 3.8) is 0 Å². The molecule has 1 aromatic carbocycles. The molecule has 0 bridgehead atoms. The van der Waals surface area contributed by atoms with Crippen molar-refractivity contribution in [2.75, 3.05) is 5.32 Å². The van der Waals surface area contributed by atoms with Crippen LogP contribution >= 0.6 is 11.8 Å². The Morgan fingerprint density at radius 2 is 1.97 bits per heavy atom. The largest absolute Gasteiger partial charge is 0.290 e. The predicted molar refractivity (Wildman–Crippen MR) is 109 cm³/mol. The Morgan fingerprint density at radius 3 is 2.60 bits per heavy atom. The molecule has 10 nitrogen and oxygen atoms in total. The van der Waals surface area contributed by atoms with Crippen LogP contribution in [0.2, 0.25) is 0 Å². The number of rotatable bonds is 6. The summed E-state index contributed by atoms with van der Waals surface area (Å²) >= 11 is 1.19. The Hall–Kier alpha value is -3.34. The highest BCUT2D eigenvalue weighted by molar-refractivity contribution is 7.99. The van der Waals surface area contributed by atoms with Gasteiger partial charge in [-0.15, -0.1) is 0 Å². The van der Waals surface area contributed by atoms with Crippen LogP contribution in [0.4, 0.5) is 11.6 Å². The maximum atomic E-state index is 12.9. The smallest absolute Gasteiger partial charge is 0.270 e. The summed E-state index contributed by atoms with van der Waals surface area (Å²) in [7, 11) is 1.72. The number of non-ortho nitro benzene ring substituents is 1. The van der Waals surface area contributed by atoms with Gasteiger partial charge in [-0.2, -0.15) is 5.10 Å². The average molecular weight is 425 g/mol. The summed E-state index contributed by atoms with van der Waals surface area (Å²) in [6.07, 6.45) is 9.55. The number of carbonyl (C=O) groups is 1. The Bertz CT molecular complexity index is 1080. The van der Waals surface area contributed by atoms with Gasteiger partial charge < -0.3 is 0 Å². The van der Waals surface area contributed by atoms with Crippen LogP contribution in [0, 0.1) is 10.1 Å². The highest BCUT2D eigenvalue weighted by Crippen LogP contribution is 2.34. The number of amides is 1. The molecule has 0 atom stereocenters. The van der Waals surface area contributed by atoms with Crippen molar-refractivity contribution < 1.29 is 9.72 Å². The fourth-order valence-corrected chi connectivity index (χ4v) is 4.29. The second-order valence-corrected chi connectivity index (χ2v) is 7.99. The number of nitro groups is 1. The first kappa shape index (κ1) is 20.0. The summed E-state index contributed by atoms with van der Waals surface area (Å²) in [5.41, 5.74) is 1.03. The minimum absolute atomic E-state index is 0.140. The third kappa shape index (κ3) is 4.30. The summed E-state index contributed by atoms with van der Waals surface area (Å²) in [6, 6.07) is 4.11. The number of nitrogens with one attached hydrogen (secondary N) is 1. The molecule has 0 aliphatic heterocycles. The van der Waals surface area contributed by atoms with Crippen LogP contribution in [0.25, 0.3) is 0 Å². The van der Waals surface area contributed by atoms with Gasteiger partial charge in [-0.05, 0) is 42.2 Å². The first-order valence-corrected chi connectivity index (χ1v) is 10.3. The lowest BCUT2D eigenvalue weighted by atomic mass is 10.0. The van der Waals surface area contributed by atoms with Gasteiger partial charge in [0.2, 0.25) is 5.95 Å². The summed E-state index contributed by atoms with van der Waals surface area (Å²) in [4.78, 5) is 36.7. The van der Waals surface area contributed by atoms with E-state index in [-0.39, 0.29) is 17.2 Å². The summed E-state index contributed by atoms with van der Waals surface area (Å²) in [6.45, 7) is 0. The lowest BCUT2D eigenvalue weighted by Gasteiger charge is -2.11. The molecule has 1 amide bonds. The van der Waals surface area contributed by atoms with Crippen molar-refractivity contribution in [2.24, 2.45) is 7.05 Å². The van der Waals surface area contributed by atoms with Gasteiger partial charge >= 0.3 is 0 Å². The zero-order valence-electron chi connectivity index (χ0n) is 16.2. The molecule has 1 aliphatic rings. The fourth-order valence-electron chi connectivity index (χ4n) is 3.42. The van der Waals surface area contributed by atoms with E-state index in [0.717, 1.165) is 18.4 Å². The minimum atomic E-state index is -0.541. The van der Waals surface area contributed by atoms with Gasteiger partial charge in [-0.25, -0.2) is 19.6 Å². The highest BCUT2D eigenvalue weighted by atomic mass is 32.2. The minimum Gasteiger partial charge on any atom is -0.290 e.